The molecule has 2 aromatic carbocycles. The number of rotatable bonds is 12. The van der Waals surface area contributed by atoms with Crippen LogP contribution >= 0.6 is 0 Å². The van der Waals surface area contributed by atoms with Crippen molar-refractivity contribution in [1.29, 1.82) is 0 Å². The molecule has 9 nitrogen and oxygen atoms in total. The van der Waals surface area contributed by atoms with Crippen molar-refractivity contribution in [2.75, 3.05) is 20.1 Å². The van der Waals surface area contributed by atoms with Crippen LogP contribution in [0.15, 0.2) is 42.5 Å². The van der Waals surface area contributed by atoms with E-state index in [1.54, 1.807) is 25.7 Å². The third-order valence-corrected chi connectivity index (χ3v) is 6.47. The summed E-state index contributed by atoms with van der Waals surface area (Å²) >= 11 is 0. The molecule has 1 heterocycles. The summed E-state index contributed by atoms with van der Waals surface area (Å²) in [5.41, 5.74) is 3.95. The maximum atomic E-state index is 12.8. The normalized spacial score (nSPS) is 13.0. The average molecular weight is 552 g/mol. The van der Waals surface area contributed by atoms with Gasteiger partial charge >= 0.3 is 5.97 Å². The summed E-state index contributed by atoms with van der Waals surface area (Å²) in [5.74, 6) is 0.268. The Bertz CT molecular complexity index is 1260. The number of nitrogens with one attached hydrogen (secondary N) is 1. The number of hydrogen-bond donors (Lipinski definition) is 2. The molecule has 0 aliphatic rings. The van der Waals surface area contributed by atoms with Gasteiger partial charge in [0, 0.05) is 26.1 Å². The smallest absolute Gasteiger partial charge is 0.350 e. The first-order valence-electron chi connectivity index (χ1n) is 13.8. The van der Waals surface area contributed by atoms with Crippen LogP contribution in [0.5, 0.6) is 5.75 Å². The highest BCUT2D eigenvalue weighted by atomic mass is 16.6. The second-order valence-corrected chi connectivity index (χ2v) is 11.8. The minimum absolute atomic E-state index is 0.408. The molecule has 218 valence electrons. The monoisotopic (exact) mass is 551 g/mol. The molecule has 9 heteroatoms. The number of ether oxygens (including phenoxy) is 2. The average Bonchev–Trinajstić information content (AvgIpc) is 3.24. The van der Waals surface area contributed by atoms with E-state index in [1.165, 1.54) is 0 Å². The van der Waals surface area contributed by atoms with E-state index in [9.17, 15) is 9.90 Å². The number of aliphatic hydroxyl groups is 1. The van der Waals surface area contributed by atoms with E-state index >= 15 is 0 Å². The Morgan fingerprint density at radius 1 is 1.05 bits per heavy atom. The molecule has 40 heavy (non-hydrogen) atoms. The molecular formula is C31H45N5O4. The van der Waals surface area contributed by atoms with Crippen molar-refractivity contribution in [2.45, 2.75) is 85.8 Å². The van der Waals surface area contributed by atoms with Crippen molar-refractivity contribution in [2.24, 2.45) is 0 Å². The second kappa shape index (κ2) is 12.9. The van der Waals surface area contributed by atoms with E-state index < -0.39 is 23.4 Å². The van der Waals surface area contributed by atoms with Crippen molar-refractivity contribution in [3.05, 3.63) is 70.5 Å². The van der Waals surface area contributed by atoms with Gasteiger partial charge in [0.2, 0.25) is 0 Å². The molecule has 2 N–H and O–H groups in total. The summed E-state index contributed by atoms with van der Waals surface area (Å²) in [6.07, 6.45) is 0.0266. The molecule has 3 aromatic rings. The zero-order valence-electron chi connectivity index (χ0n) is 25.4. The SMILES string of the molecule is CNC(O)CN(CCc1nn(-c2ccccc2)nc1C)Cc1cc(C)c(OC(C)(C)C(=O)OC(C)(C)C)c(C)c1. The minimum atomic E-state index is -1.14. The quantitative estimate of drug-likeness (QED) is 0.254. The van der Waals surface area contributed by atoms with E-state index in [-0.39, 0.29) is 0 Å². The number of aromatic nitrogens is 3. The lowest BCUT2D eigenvalue weighted by Crippen LogP contribution is -2.43. The Morgan fingerprint density at radius 3 is 2.25 bits per heavy atom. The summed E-state index contributed by atoms with van der Waals surface area (Å²) in [4.78, 5) is 16.6. The molecule has 0 saturated carbocycles. The number of para-hydroxylation sites is 1. The first-order chi connectivity index (χ1) is 18.7. The lowest BCUT2D eigenvalue weighted by Gasteiger charge is -2.30. The van der Waals surface area contributed by atoms with Crippen LogP contribution in [0.25, 0.3) is 5.69 Å². The van der Waals surface area contributed by atoms with Crippen LogP contribution in [0.3, 0.4) is 0 Å². The fourth-order valence-corrected chi connectivity index (χ4v) is 4.40. The van der Waals surface area contributed by atoms with Gasteiger partial charge in [0.05, 0.1) is 17.1 Å². The van der Waals surface area contributed by atoms with Gasteiger partial charge in [-0.1, -0.05) is 30.3 Å². The number of nitrogens with zero attached hydrogens (tertiary/aromatic N) is 4. The van der Waals surface area contributed by atoms with Crippen LogP contribution < -0.4 is 10.1 Å². The van der Waals surface area contributed by atoms with Crippen LogP contribution in [0.2, 0.25) is 0 Å². The number of carbonyl (C=O) groups excluding carboxylic acids is 1. The lowest BCUT2D eigenvalue weighted by molar-refractivity contribution is -0.171. The number of benzene rings is 2. The highest BCUT2D eigenvalue weighted by Crippen LogP contribution is 2.30. The van der Waals surface area contributed by atoms with E-state index in [1.807, 2.05) is 71.9 Å². The zero-order chi connectivity index (χ0) is 29.7. The highest BCUT2D eigenvalue weighted by Gasteiger charge is 2.35. The predicted octanol–water partition coefficient (Wildman–Crippen LogP) is 4.27. The lowest BCUT2D eigenvalue weighted by atomic mass is 10.0. The first-order valence-corrected chi connectivity index (χ1v) is 13.8. The fourth-order valence-electron chi connectivity index (χ4n) is 4.40. The van der Waals surface area contributed by atoms with Crippen LogP contribution in [0.4, 0.5) is 0 Å². The summed E-state index contributed by atoms with van der Waals surface area (Å²) in [6.45, 7) is 16.7. The largest absolute Gasteiger partial charge is 0.476 e. The number of likely N-dealkylation sites (N-methyl/N-ethyl adjacent to an activating group) is 1. The van der Waals surface area contributed by atoms with Crippen LogP contribution in [0, 0.1) is 20.8 Å². The molecule has 0 bridgehead atoms. The molecule has 1 unspecified atom stereocenters. The third-order valence-electron chi connectivity index (χ3n) is 6.47. The van der Waals surface area contributed by atoms with E-state index in [0.29, 0.717) is 31.8 Å². The van der Waals surface area contributed by atoms with Crippen molar-refractivity contribution in [3.63, 3.8) is 0 Å². The number of carbonyl (C=O) groups is 1. The van der Waals surface area contributed by atoms with E-state index in [2.05, 4.69) is 27.4 Å². The molecule has 1 atom stereocenters. The Balaban J connectivity index is 1.75. The zero-order valence-corrected chi connectivity index (χ0v) is 25.4. The van der Waals surface area contributed by atoms with Gasteiger partial charge in [-0.3, -0.25) is 10.2 Å². The van der Waals surface area contributed by atoms with Gasteiger partial charge in [0.1, 0.15) is 17.6 Å². The van der Waals surface area contributed by atoms with Crippen molar-refractivity contribution in [1.82, 2.24) is 25.2 Å². The standard InChI is InChI=1S/C31H45N5O4/c1-21-17-24(18-22(2)28(21)39-31(7,8)29(38)40-30(4,5)6)19-35(20-27(37)32-9)16-15-26-23(3)33-36(34-26)25-13-11-10-12-14-25/h10-14,17-18,27,32,37H,15-16,19-20H2,1-9H3. The second-order valence-electron chi connectivity index (χ2n) is 11.8. The van der Waals surface area contributed by atoms with Gasteiger partial charge in [-0.25, -0.2) is 4.79 Å². The third kappa shape index (κ3) is 8.61. The van der Waals surface area contributed by atoms with Gasteiger partial charge in [-0.05, 0) is 91.3 Å². The summed E-state index contributed by atoms with van der Waals surface area (Å²) < 4.78 is 11.8. The van der Waals surface area contributed by atoms with E-state index in [0.717, 1.165) is 33.8 Å². The number of aryl methyl sites for hydroxylation is 3. The van der Waals surface area contributed by atoms with Crippen molar-refractivity contribution >= 4 is 5.97 Å². The molecule has 0 aliphatic carbocycles. The van der Waals surface area contributed by atoms with Gasteiger partial charge < -0.3 is 14.6 Å². The number of esters is 1. The molecular weight excluding hydrogens is 506 g/mol. The van der Waals surface area contributed by atoms with Crippen LogP contribution in [-0.2, 0) is 22.5 Å². The topological polar surface area (TPSA) is 102 Å². The fraction of sp³-hybridized carbons (Fsp3) is 0.516. The van der Waals surface area contributed by atoms with Crippen LogP contribution in [-0.4, -0.2) is 68.5 Å². The van der Waals surface area contributed by atoms with Gasteiger partial charge in [-0.15, -0.1) is 0 Å². The van der Waals surface area contributed by atoms with Gasteiger partial charge in [0.15, 0.2) is 5.60 Å². The Kier molecular flexibility index (Phi) is 10.1. The summed E-state index contributed by atoms with van der Waals surface area (Å²) in [7, 11) is 1.74. The maximum Gasteiger partial charge on any atom is 0.350 e. The van der Waals surface area contributed by atoms with Crippen LogP contribution in [0.1, 0.15) is 62.7 Å². The Hall–Kier alpha value is -3.27. The summed E-state index contributed by atoms with van der Waals surface area (Å²) in [6, 6.07) is 14.0. The van der Waals surface area contributed by atoms with Crippen molar-refractivity contribution < 1.29 is 19.4 Å². The molecule has 0 radical (unpaired) electrons. The maximum absolute atomic E-state index is 12.8. The molecule has 0 fully saturated rings. The molecule has 0 aliphatic heterocycles. The highest BCUT2D eigenvalue weighted by molar-refractivity contribution is 5.79. The minimum Gasteiger partial charge on any atom is -0.476 e. The van der Waals surface area contributed by atoms with Crippen molar-refractivity contribution in [3.8, 4) is 11.4 Å². The number of hydrogen-bond acceptors (Lipinski definition) is 8. The molecule has 3 rings (SSSR count). The van der Waals surface area contributed by atoms with E-state index in [4.69, 9.17) is 14.6 Å². The molecule has 0 spiro atoms. The van der Waals surface area contributed by atoms with Gasteiger partial charge in [-0.2, -0.15) is 15.0 Å². The Labute approximate surface area is 238 Å². The summed E-state index contributed by atoms with van der Waals surface area (Å²) in [5, 5.41) is 22.6. The van der Waals surface area contributed by atoms with Gasteiger partial charge in [0.25, 0.3) is 0 Å². The Morgan fingerprint density at radius 2 is 1.68 bits per heavy atom. The molecule has 1 aromatic heterocycles. The molecule has 0 saturated heterocycles. The predicted molar refractivity (Wildman–Crippen MR) is 157 cm³/mol. The molecule has 0 amide bonds. The first kappa shape index (κ1) is 31.3. The number of aliphatic hydroxyl groups excluding tert-OH is 1.